The lowest BCUT2D eigenvalue weighted by Crippen LogP contribution is -2.52. The summed E-state index contributed by atoms with van der Waals surface area (Å²) in [7, 11) is 0. The van der Waals surface area contributed by atoms with Crippen LogP contribution in [-0.2, 0) is 13.0 Å². The lowest BCUT2D eigenvalue weighted by atomic mass is 10.2. The van der Waals surface area contributed by atoms with E-state index in [1.54, 1.807) is 0 Å². The van der Waals surface area contributed by atoms with Gasteiger partial charge in [0.15, 0.2) is 0 Å². The fraction of sp³-hybridized carbons (Fsp3) is 0.800. The van der Waals surface area contributed by atoms with E-state index in [4.69, 9.17) is 0 Å². The topological polar surface area (TPSA) is 24.3 Å². The third-order valence-corrected chi connectivity index (χ3v) is 4.28. The maximum atomic E-state index is 4.40. The lowest BCUT2D eigenvalue weighted by molar-refractivity contribution is 0.0776. The zero-order valence-electron chi connectivity index (χ0n) is 12.8. The highest BCUT2D eigenvalue weighted by atomic mass is 15.3. The molecule has 0 amide bonds. The summed E-state index contributed by atoms with van der Waals surface area (Å²) in [6, 6.07) is 1.27. The SMILES string of the molecule is CCc1nccn1CC(C)N1CCN(C(C)C)CC1. The van der Waals surface area contributed by atoms with Gasteiger partial charge in [-0.05, 0) is 20.8 Å². The van der Waals surface area contributed by atoms with Gasteiger partial charge in [-0.3, -0.25) is 9.80 Å². The number of hydrogen-bond acceptors (Lipinski definition) is 3. The van der Waals surface area contributed by atoms with Gasteiger partial charge in [0.2, 0.25) is 0 Å². The molecule has 4 heteroatoms. The molecule has 0 bridgehead atoms. The van der Waals surface area contributed by atoms with E-state index in [0.29, 0.717) is 12.1 Å². The first kappa shape index (κ1) is 14.5. The van der Waals surface area contributed by atoms with E-state index in [1.165, 1.54) is 32.0 Å². The number of imidazole rings is 1. The van der Waals surface area contributed by atoms with Crippen LogP contribution in [0, 0.1) is 0 Å². The Balaban J connectivity index is 1.86. The third kappa shape index (κ3) is 3.57. The van der Waals surface area contributed by atoms with E-state index >= 15 is 0 Å². The Bertz CT molecular complexity index is 377. The summed E-state index contributed by atoms with van der Waals surface area (Å²) < 4.78 is 2.31. The van der Waals surface area contributed by atoms with Crippen LogP contribution in [-0.4, -0.2) is 57.6 Å². The van der Waals surface area contributed by atoms with Gasteiger partial charge in [0, 0.05) is 63.6 Å². The summed E-state index contributed by atoms with van der Waals surface area (Å²) in [6.07, 6.45) is 5.04. The van der Waals surface area contributed by atoms with Gasteiger partial charge < -0.3 is 4.57 Å². The highest BCUT2D eigenvalue weighted by molar-refractivity contribution is 4.93. The second-order valence-corrected chi connectivity index (χ2v) is 5.86. The van der Waals surface area contributed by atoms with Crippen molar-refractivity contribution < 1.29 is 0 Å². The van der Waals surface area contributed by atoms with Crippen molar-refractivity contribution in [3.05, 3.63) is 18.2 Å². The van der Waals surface area contributed by atoms with Crippen LogP contribution in [0.1, 0.15) is 33.5 Å². The Morgan fingerprint density at radius 2 is 1.74 bits per heavy atom. The normalized spacial score (nSPS) is 20.1. The quantitative estimate of drug-likeness (QED) is 0.811. The molecule has 0 radical (unpaired) electrons. The van der Waals surface area contributed by atoms with Crippen LogP contribution in [0.4, 0.5) is 0 Å². The summed E-state index contributed by atoms with van der Waals surface area (Å²) in [6.45, 7) is 14.9. The number of nitrogens with zero attached hydrogens (tertiary/aromatic N) is 4. The first-order valence-electron chi connectivity index (χ1n) is 7.60. The Kier molecular flexibility index (Phi) is 4.99. The Morgan fingerprint density at radius 3 is 2.32 bits per heavy atom. The fourth-order valence-electron chi connectivity index (χ4n) is 2.92. The molecule has 0 N–H and O–H groups in total. The molecule has 1 aromatic rings. The maximum Gasteiger partial charge on any atom is 0.108 e. The molecule has 1 unspecified atom stereocenters. The van der Waals surface area contributed by atoms with Gasteiger partial charge in [-0.25, -0.2) is 4.98 Å². The Labute approximate surface area is 117 Å². The lowest BCUT2D eigenvalue weighted by Gasteiger charge is -2.40. The predicted octanol–water partition coefficient (Wildman–Crippen LogP) is 1.86. The van der Waals surface area contributed by atoms with E-state index in [-0.39, 0.29) is 0 Å². The van der Waals surface area contributed by atoms with Crippen LogP contribution < -0.4 is 0 Å². The van der Waals surface area contributed by atoms with Crippen LogP contribution in [0.2, 0.25) is 0 Å². The standard InChI is InChI=1S/C15H28N4/c1-5-15-16-6-7-19(15)12-14(4)18-10-8-17(9-11-18)13(2)3/h6-7,13-14H,5,8-12H2,1-4H3. The smallest absolute Gasteiger partial charge is 0.108 e. The molecule has 0 saturated carbocycles. The van der Waals surface area contributed by atoms with Gasteiger partial charge in [-0.2, -0.15) is 0 Å². The monoisotopic (exact) mass is 264 g/mol. The summed E-state index contributed by atoms with van der Waals surface area (Å²) >= 11 is 0. The molecule has 1 aliphatic heterocycles. The summed E-state index contributed by atoms with van der Waals surface area (Å²) in [4.78, 5) is 9.58. The third-order valence-electron chi connectivity index (χ3n) is 4.28. The molecular formula is C15H28N4. The van der Waals surface area contributed by atoms with E-state index in [0.717, 1.165) is 13.0 Å². The molecule has 1 aromatic heterocycles. The van der Waals surface area contributed by atoms with Crippen molar-refractivity contribution in [2.24, 2.45) is 0 Å². The van der Waals surface area contributed by atoms with Crippen molar-refractivity contribution in [2.75, 3.05) is 26.2 Å². The van der Waals surface area contributed by atoms with Crippen LogP contribution in [0.15, 0.2) is 12.4 Å². The second kappa shape index (κ2) is 6.53. The van der Waals surface area contributed by atoms with E-state index in [1.807, 2.05) is 6.20 Å². The first-order chi connectivity index (χ1) is 9.11. The Hall–Kier alpha value is -0.870. The summed E-state index contributed by atoms with van der Waals surface area (Å²) in [5, 5.41) is 0. The molecule has 1 aliphatic rings. The molecule has 1 fully saturated rings. The zero-order valence-corrected chi connectivity index (χ0v) is 12.8. The average Bonchev–Trinajstić information content (AvgIpc) is 2.86. The van der Waals surface area contributed by atoms with Crippen molar-refractivity contribution in [1.29, 1.82) is 0 Å². The first-order valence-corrected chi connectivity index (χ1v) is 7.60. The van der Waals surface area contributed by atoms with Crippen molar-refractivity contribution in [2.45, 2.75) is 52.7 Å². The largest absolute Gasteiger partial charge is 0.333 e. The Morgan fingerprint density at radius 1 is 1.11 bits per heavy atom. The molecule has 0 spiro atoms. The number of aryl methyl sites for hydroxylation is 1. The van der Waals surface area contributed by atoms with Crippen LogP contribution in [0.3, 0.4) is 0 Å². The number of aromatic nitrogens is 2. The molecule has 108 valence electrons. The highest BCUT2D eigenvalue weighted by Crippen LogP contribution is 2.11. The number of piperazine rings is 1. The van der Waals surface area contributed by atoms with Crippen LogP contribution in [0.25, 0.3) is 0 Å². The molecule has 19 heavy (non-hydrogen) atoms. The van der Waals surface area contributed by atoms with Gasteiger partial charge in [-0.1, -0.05) is 6.92 Å². The molecule has 1 saturated heterocycles. The molecule has 1 atom stereocenters. The van der Waals surface area contributed by atoms with E-state index in [2.05, 4.69) is 53.2 Å². The van der Waals surface area contributed by atoms with Crippen LogP contribution >= 0.6 is 0 Å². The number of hydrogen-bond donors (Lipinski definition) is 0. The van der Waals surface area contributed by atoms with Crippen molar-refractivity contribution in [1.82, 2.24) is 19.4 Å². The summed E-state index contributed by atoms with van der Waals surface area (Å²) in [5.74, 6) is 1.20. The molecule has 0 aliphatic carbocycles. The molecule has 2 rings (SSSR count). The fourth-order valence-corrected chi connectivity index (χ4v) is 2.92. The van der Waals surface area contributed by atoms with Gasteiger partial charge >= 0.3 is 0 Å². The van der Waals surface area contributed by atoms with Crippen molar-refractivity contribution in [3.8, 4) is 0 Å². The molecule has 2 heterocycles. The second-order valence-electron chi connectivity index (χ2n) is 5.86. The van der Waals surface area contributed by atoms with Crippen molar-refractivity contribution in [3.63, 3.8) is 0 Å². The molecule has 0 aromatic carbocycles. The van der Waals surface area contributed by atoms with Gasteiger partial charge in [0.05, 0.1) is 0 Å². The predicted molar refractivity (Wildman–Crippen MR) is 79.3 cm³/mol. The van der Waals surface area contributed by atoms with Crippen molar-refractivity contribution >= 4 is 0 Å². The maximum absolute atomic E-state index is 4.40. The van der Waals surface area contributed by atoms with Gasteiger partial charge in [0.25, 0.3) is 0 Å². The van der Waals surface area contributed by atoms with E-state index in [9.17, 15) is 0 Å². The number of rotatable bonds is 5. The van der Waals surface area contributed by atoms with Crippen LogP contribution in [0.5, 0.6) is 0 Å². The highest BCUT2D eigenvalue weighted by Gasteiger charge is 2.22. The molecular weight excluding hydrogens is 236 g/mol. The van der Waals surface area contributed by atoms with E-state index < -0.39 is 0 Å². The minimum atomic E-state index is 0.591. The molecule has 4 nitrogen and oxygen atoms in total. The zero-order chi connectivity index (χ0) is 13.8. The minimum absolute atomic E-state index is 0.591. The minimum Gasteiger partial charge on any atom is -0.333 e. The summed E-state index contributed by atoms with van der Waals surface area (Å²) in [5.41, 5.74) is 0. The van der Waals surface area contributed by atoms with Gasteiger partial charge in [0.1, 0.15) is 5.82 Å². The average molecular weight is 264 g/mol. The van der Waals surface area contributed by atoms with Gasteiger partial charge in [-0.15, -0.1) is 0 Å².